The van der Waals surface area contributed by atoms with Gasteiger partial charge in [-0.1, -0.05) is 0 Å². The Morgan fingerprint density at radius 1 is 1.00 bits per heavy atom. The smallest absolute Gasteiger partial charge is 0.425 e. The Bertz CT molecular complexity index is 348. The maximum absolute atomic E-state index is 12.6. The number of halogens is 7. The number of esters is 1. The number of carbonyl (C=O) groups excluding carboxylic acids is 1. The molecular weight excluding hydrogens is 281 g/mol. The van der Waals surface area contributed by atoms with Crippen molar-refractivity contribution in [1.82, 2.24) is 0 Å². The van der Waals surface area contributed by atoms with Gasteiger partial charge in [-0.3, -0.25) is 0 Å². The Morgan fingerprint density at radius 2 is 1.39 bits per heavy atom. The standard InChI is InChI=1S/C7H5F7O4/c1-2(7(12,13)14)18-4(17)6(10,11)5(8,9)3(15)16/h2H,1H3,(H,15,16). The first-order valence-electron chi connectivity index (χ1n) is 4.01. The molecule has 1 unspecified atom stereocenters. The number of ether oxygens (including phenoxy) is 1. The SMILES string of the molecule is CC(OC(=O)C(F)(F)C(F)(F)C(=O)O)C(F)(F)F. The molecule has 0 aromatic rings. The predicted octanol–water partition coefficient (Wildman–Crippen LogP) is 1.84. The van der Waals surface area contributed by atoms with Crippen molar-refractivity contribution in [2.45, 2.75) is 31.0 Å². The first kappa shape index (κ1) is 16.4. The van der Waals surface area contributed by atoms with Gasteiger partial charge >= 0.3 is 30.0 Å². The van der Waals surface area contributed by atoms with Crippen LogP contribution in [-0.4, -0.2) is 41.2 Å². The number of carbonyl (C=O) groups is 2. The minimum Gasteiger partial charge on any atom is -0.477 e. The highest BCUT2D eigenvalue weighted by Crippen LogP contribution is 2.36. The van der Waals surface area contributed by atoms with E-state index < -0.39 is 36.1 Å². The van der Waals surface area contributed by atoms with Gasteiger partial charge in [0, 0.05) is 0 Å². The van der Waals surface area contributed by atoms with Crippen molar-refractivity contribution >= 4 is 11.9 Å². The summed E-state index contributed by atoms with van der Waals surface area (Å²) in [5.74, 6) is -18.4. The molecule has 4 nitrogen and oxygen atoms in total. The second kappa shape index (κ2) is 4.61. The van der Waals surface area contributed by atoms with Gasteiger partial charge in [-0.2, -0.15) is 30.7 Å². The maximum Gasteiger partial charge on any atom is 0.425 e. The fraction of sp³-hybridized carbons (Fsp3) is 0.714. The van der Waals surface area contributed by atoms with Gasteiger partial charge in [0.2, 0.25) is 0 Å². The van der Waals surface area contributed by atoms with Crippen molar-refractivity contribution < 1.29 is 50.2 Å². The summed E-state index contributed by atoms with van der Waals surface area (Å²) in [7, 11) is 0. The fourth-order valence-electron chi connectivity index (χ4n) is 0.564. The number of carboxylic acid groups (broad SMARTS) is 1. The van der Waals surface area contributed by atoms with E-state index in [2.05, 4.69) is 4.74 Å². The summed E-state index contributed by atoms with van der Waals surface area (Å²) in [5.41, 5.74) is 0. The van der Waals surface area contributed by atoms with E-state index in [1.807, 2.05) is 0 Å². The Kier molecular flexibility index (Phi) is 4.21. The summed E-state index contributed by atoms with van der Waals surface area (Å²) in [4.78, 5) is 20.3. The monoisotopic (exact) mass is 286 g/mol. The number of rotatable bonds is 4. The molecule has 0 aromatic heterocycles. The second-order valence-corrected chi connectivity index (χ2v) is 3.04. The summed E-state index contributed by atoms with van der Waals surface area (Å²) < 4.78 is 88.6. The zero-order valence-electron chi connectivity index (χ0n) is 8.40. The van der Waals surface area contributed by atoms with Crippen LogP contribution in [0.2, 0.25) is 0 Å². The normalized spacial score (nSPS) is 15.1. The van der Waals surface area contributed by atoms with Crippen molar-refractivity contribution in [3.63, 3.8) is 0 Å². The molecule has 0 amide bonds. The molecule has 1 atom stereocenters. The van der Waals surface area contributed by atoms with Gasteiger partial charge in [0.25, 0.3) is 0 Å². The van der Waals surface area contributed by atoms with E-state index >= 15 is 0 Å². The third-order valence-corrected chi connectivity index (χ3v) is 1.66. The van der Waals surface area contributed by atoms with E-state index in [1.165, 1.54) is 0 Å². The van der Waals surface area contributed by atoms with Crippen LogP contribution in [0, 0.1) is 0 Å². The topological polar surface area (TPSA) is 63.6 Å². The van der Waals surface area contributed by atoms with E-state index in [1.54, 1.807) is 0 Å². The van der Waals surface area contributed by atoms with Gasteiger partial charge < -0.3 is 9.84 Å². The molecule has 0 rings (SSSR count). The molecule has 0 aliphatic rings. The molecule has 0 bridgehead atoms. The summed E-state index contributed by atoms with van der Waals surface area (Å²) in [6.45, 7) is 0.118. The molecule has 0 fully saturated rings. The molecule has 11 heteroatoms. The predicted molar refractivity (Wildman–Crippen MR) is 39.1 cm³/mol. The first-order valence-corrected chi connectivity index (χ1v) is 4.01. The van der Waals surface area contributed by atoms with Crippen molar-refractivity contribution in [2.75, 3.05) is 0 Å². The number of carboxylic acids is 1. The molecule has 1 N–H and O–H groups in total. The molecule has 0 aliphatic heterocycles. The van der Waals surface area contributed by atoms with E-state index in [-0.39, 0.29) is 6.92 Å². The minimum absolute atomic E-state index is 0.118. The summed E-state index contributed by atoms with van der Waals surface area (Å²) in [5, 5.41) is 7.76. The summed E-state index contributed by atoms with van der Waals surface area (Å²) in [6.07, 6.45) is -8.33. The number of alkyl halides is 7. The largest absolute Gasteiger partial charge is 0.477 e. The summed E-state index contributed by atoms with van der Waals surface area (Å²) >= 11 is 0. The van der Waals surface area contributed by atoms with Crippen LogP contribution in [0.15, 0.2) is 0 Å². The molecule has 0 saturated heterocycles. The van der Waals surface area contributed by atoms with Crippen LogP contribution in [-0.2, 0) is 14.3 Å². The average Bonchev–Trinajstić information content (AvgIpc) is 2.15. The van der Waals surface area contributed by atoms with E-state index in [0.717, 1.165) is 0 Å². The maximum atomic E-state index is 12.6. The highest BCUT2D eigenvalue weighted by Gasteiger charge is 2.69. The van der Waals surface area contributed by atoms with Crippen molar-refractivity contribution in [1.29, 1.82) is 0 Å². The number of hydrogen-bond donors (Lipinski definition) is 1. The van der Waals surface area contributed by atoms with E-state index in [4.69, 9.17) is 5.11 Å². The van der Waals surface area contributed by atoms with Gasteiger partial charge in [-0.25, -0.2) is 9.59 Å². The molecule has 0 radical (unpaired) electrons. The molecule has 0 aliphatic carbocycles. The molecule has 0 spiro atoms. The lowest BCUT2D eigenvalue weighted by Crippen LogP contribution is -2.54. The van der Waals surface area contributed by atoms with Crippen LogP contribution < -0.4 is 0 Å². The Balaban J connectivity index is 5.06. The van der Waals surface area contributed by atoms with Gasteiger partial charge in [0.05, 0.1) is 0 Å². The van der Waals surface area contributed by atoms with Crippen LogP contribution in [0.3, 0.4) is 0 Å². The first-order chi connectivity index (χ1) is 7.74. The molecule has 0 saturated carbocycles. The molecule has 0 aromatic carbocycles. The lowest BCUT2D eigenvalue weighted by atomic mass is 10.2. The van der Waals surface area contributed by atoms with Crippen LogP contribution >= 0.6 is 0 Å². The highest BCUT2D eigenvalue weighted by molar-refractivity contribution is 5.89. The minimum atomic E-state index is -5.92. The molecule has 18 heavy (non-hydrogen) atoms. The lowest BCUT2D eigenvalue weighted by molar-refractivity contribution is -0.255. The van der Waals surface area contributed by atoms with Gasteiger partial charge in [-0.15, -0.1) is 0 Å². The zero-order valence-corrected chi connectivity index (χ0v) is 8.40. The van der Waals surface area contributed by atoms with Gasteiger partial charge in [0.15, 0.2) is 6.10 Å². The second-order valence-electron chi connectivity index (χ2n) is 3.04. The summed E-state index contributed by atoms with van der Waals surface area (Å²) in [6, 6.07) is 0. The Hall–Kier alpha value is -1.55. The van der Waals surface area contributed by atoms with E-state index in [9.17, 15) is 40.3 Å². The van der Waals surface area contributed by atoms with Gasteiger partial charge in [0.1, 0.15) is 0 Å². The fourth-order valence-corrected chi connectivity index (χ4v) is 0.564. The third-order valence-electron chi connectivity index (χ3n) is 1.66. The van der Waals surface area contributed by atoms with Crippen molar-refractivity contribution in [3.8, 4) is 0 Å². The third kappa shape index (κ3) is 3.01. The lowest BCUT2D eigenvalue weighted by Gasteiger charge is -2.23. The zero-order chi connectivity index (χ0) is 14.9. The van der Waals surface area contributed by atoms with Crippen LogP contribution in [0.4, 0.5) is 30.7 Å². The molecule has 106 valence electrons. The average molecular weight is 286 g/mol. The number of hydrogen-bond acceptors (Lipinski definition) is 3. The molecule has 0 heterocycles. The number of aliphatic carboxylic acids is 1. The van der Waals surface area contributed by atoms with Crippen LogP contribution in [0.1, 0.15) is 6.92 Å². The van der Waals surface area contributed by atoms with Crippen LogP contribution in [0.5, 0.6) is 0 Å². The van der Waals surface area contributed by atoms with Crippen molar-refractivity contribution in [3.05, 3.63) is 0 Å². The molecular formula is C7H5F7O4. The van der Waals surface area contributed by atoms with Crippen LogP contribution in [0.25, 0.3) is 0 Å². The van der Waals surface area contributed by atoms with Gasteiger partial charge in [-0.05, 0) is 6.92 Å². The van der Waals surface area contributed by atoms with E-state index in [0.29, 0.717) is 0 Å². The Labute approximate surface area is 94.3 Å². The Morgan fingerprint density at radius 3 is 1.67 bits per heavy atom. The quantitative estimate of drug-likeness (QED) is 0.632. The highest BCUT2D eigenvalue weighted by atomic mass is 19.4. The van der Waals surface area contributed by atoms with Crippen molar-refractivity contribution in [2.24, 2.45) is 0 Å².